The molecule has 0 unspecified atom stereocenters. The minimum Gasteiger partial charge on any atom is -0.352 e. The van der Waals surface area contributed by atoms with Crippen molar-refractivity contribution in [1.29, 1.82) is 0 Å². The number of hydrogen-bond acceptors (Lipinski definition) is 3. The fourth-order valence-corrected chi connectivity index (χ4v) is 4.24. The molecule has 2 aromatic rings. The third-order valence-electron chi connectivity index (χ3n) is 6.04. The van der Waals surface area contributed by atoms with E-state index >= 15 is 0 Å². The van der Waals surface area contributed by atoms with Crippen molar-refractivity contribution in [3.05, 3.63) is 59.2 Å². The lowest BCUT2D eigenvalue weighted by Gasteiger charge is -2.19. The summed E-state index contributed by atoms with van der Waals surface area (Å²) in [7, 11) is 0. The van der Waals surface area contributed by atoms with Gasteiger partial charge in [0.05, 0.1) is 5.92 Å². The zero-order chi connectivity index (χ0) is 21.3. The number of hydrogen-bond donors (Lipinski definition) is 1. The molecule has 30 heavy (non-hydrogen) atoms. The lowest BCUT2D eigenvalue weighted by Crippen LogP contribution is -2.32. The first-order valence-electron chi connectivity index (χ1n) is 10.5. The Bertz CT molecular complexity index is 984. The van der Waals surface area contributed by atoms with Gasteiger partial charge >= 0.3 is 0 Å². The summed E-state index contributed by atoms with van der Waals surface area (Å²) in [6, 6.07) is 14.0. The Morgan fingerprint density at radius 1 is 1.10 bits per heavy atom. The fourth-order valence-electron chi connectivity index (χ4n) is 4.24. The van der Waals surface area contributed by atoms with Crippen LogP contribution in [0.4, 0.5) is 11.4 Å². The Morgan fingerprint density at radius 2 is 1.83 bits per heavy atom. The molecule has 0 aromatic heterocycles. The number of benzene rings is 2. The van der Waals surface area contributed by atoms with E-state index in [-0.39, 0.29) is 30.1 Å². The lowest BCUT2D eigenvalue weighted by molar-refractivity contribution is -0.126. The maximum atomic E-state index is 12.6. The Labute approximate surface area is 176 Å². The maximum absolute atomic E-state index is 12.6. The Hall–Kier alpha value is -3.15. The Balaban J connectivity index is 1.39. The number of nitrogens with zero attached hydrogens (tertiary/aromatic N) is 2. The van der Waals surface area contributed by atoms with Crippen molar-refractivity contribution in [2.24, 2.45) is 5.92 Å². The smallest absolute Gasteiger partial charge is 0.227 e. The topological polar surface area (TPSA) is 69.7 Å². The van der Waals surface area contributed by atoms with Crippen molar-refractivity contribution >= 4 is 29.1 Å². The molecule has 2 aromatic carbocycles. The predicted molar refractivity (Wildman–Crippen MR) is 116 cm³/mol. The molecule has 0 bridgehead atoms. The van der Waals surface area contributed by atoms with Crippen molar-refractivity contribution in [2.75, 3.05) is 22.9 Å². The number of carbonyl (C=O) groups is 3. The molecular weight excluding hydrogens is 378 g/mol. The van der Waals surface area contributed by atoms with Gasteiger partial charge in [-0.15, -0.1) is 0 Å². The van der Waals surface area contributed by atoms with Crippen LogP contribution < -0.4 is 15.1 Å². The highest BCUT2D eigenvalue weighted by Crippen LogP contribution is 2.34. The largest absolute Gasteiger partial charge is 0.352 e. The molecule has 1 N–H and O–H groups in total. The lowest BCUT2D eigenvalue weighted by atomic mass is 10.1. The number of amides is 3. The summed E-state index contributed by atoms with van der Waals surface area (Å²) >= 11 is 0. The molecule has 0 saturated carbocycles. The predicted octanol–water partition coefficient (Wildman–Crippen LogP) is 2.83. The summed E-state index contributed by atoms with van der Waals surface area (Å²) < 4.78 is 0. The fraction of sp³-hybridized carbons (Fsp3) is 0.375. The number of nitrogens with one attached hydrogen (secondary N) is 1. The quantitative estimate of drug-likeness (QED) is 0.832. The molecule has 0 spiro atoms. The number of aryl methyl sites for hydroxylation is 1. The highest BCUT2D eigenvalue weighted by Gasteiger charge is 2.35. The highest BCUT2D eigenvalue weighted by molar-refractivity contribution is 6.01. The molecule has 1 atom stereocenters. The molecule has 0 aliphatic carbocycles. The molecule has 2 aliphatic heterocycles. The van der Waals surface area contributed by atoms with Gasteiger partial charge in [0.25, 0.3) is 0 Å². The van der Waals surface area contributed by atoms with Crippen LogP contribution in [-0.4, -0.2) is 30.8 Å². The summed E-state index contributed by atoms with van der Waals surface area (Å²) in [5, 5.41) is 2.97. The third-order valence-corrected chi connectivity index (χ3v) is 6.04. The molecule has 3 amide bonds. The number of anilines is 2. The van der Waals surface area contributed by atoms with Gasteiger partial charge in [-0.1, -0.05) is 31.2 Å². The molecule has 156 valence electrons. The first-order chi connectivity index (χ1) is 14.5. The summed E-state index contributed by atoms with van der Waals surface area (Å²) in [5.74, 6) is -0.452. The van der Waals surface area contributed by atoms with Crippen molar-refractivity contribution in [3.8, 4) is 0 Å². The van der Waals surface area contributed by atoms with E-state index in [4.69, 9.17) is 0 Å². The molecule has 1 saturated heterocycles. The van der Waals surface area contributed by atoms with Crippen LogP contribution >= 0.6 is 0 Å². The van der Waals surface area contributed by atoms with Gasteiger partial charge in [-0.2, -0.15) is 0 Å². The van der Waals surface area contributed by atoms with Gasteiger partial charge in [0.2, 0.25) is 17.7 Å². The Kier molecular flexibility index (Phi) is 5.57. The van der Waals surface area contributed by atoms with Crippen LogP contribution in [-0.2, 0) is 33.8 Å². The monoisotopic (exact) mass is 405 g/mol. The van der Waals surface area contributed by atoms with E-state index in [1.54, 1.807) is 16.7 Å². The first kappa shape index (κ1) is 20.1. The molecule has 6 heteroatoms. The molecule has 0 radical (unpaired) electrons. The normalized spacial score (nSPS) is 17.9. The molecule has 1 fully saturated rings. The minimum absolute atomic E-state index is 0.0276. The summed E-state index contributed by atoms with van der Waals surface area (Å²) in [4.78, 5) is 40.4. The average Bonchev–Trinajstić information content (AvgIpc) is 3.35. The molecule has 2 heterocycles. The highest BCUT2D eigenvalue weighted by atomic mass is 16.2. The van der Waals surface area contributed by atoms with E-state index in [1.807, 2.05) is 30.3 Å². The van der Waals surface area contributed by atoms with Gasteiger partial charge in [0, 0.05) is 44.4 Å². The van der Waals surface area contributed by atoms with Gasteiger partial charge in [-0.25, -0.2) is 0 Å². The summed E-state index contributed by atoms with van der Waals surface area (Å²) in [5.41, 5.74) is 5.10. The van der Waals surface area contributed by atoms with Crippen LogP contribution in [0.15, 0.2) is 42.5 Å². The summed E-state index contributed by atoms with van der Waals surface area (Å²) in [6.45, 7) is 5.20. The zero-order valence-corrected chi connectivity index (χ0v) is 17.5. The van der Waals surface area contributed by atoms with Crippen LogP contribution in [0.1, 0.15) is 37.0 Å². The molecular formula is C24H27N3O3. The second-order valence-electron chi connectivity index (χ2n) is 8.03. The van der Waals surface area contributed by atoms with Crippen LogP contribution in [0, 0.1) is 5.92 Å². The third kappa shape index (κ3) is 3.95. The first-order valence-corrected chi connectivity index (χ1v) is 10.5. The minimum atomic E-state index is -0.352. The van der Waals surface area contributed by atoms with E-state index in [1.165, 1.54) is 5.56 Å². The zero-order valence-electron chi connectivity index (χ0n) is 17.5. The number of rotatable bonds is 5. The van der Waals surface area contributed by atoms with E-state index in [9.17, 15) is 14.4 Å². The average molecular weight is 405 g/mol. The molecule has 6 nitrogen and oxygen atoms in total. The second kappa shape index (κ2) is 8.30. The van der Waals surface area contributed by atoms with Gasteiger partial charge in [0.1, 0.15) is 0 Å². The van der Waals surface area contributed by atoms with Gasteiger partial charge < -0.3 is 15.1 Å². The van der Waals surface area contributed by atoms with Gasteiger partial charge in [0.15, 0.2) is 0 Å². The SMILES string of the molecule is CCc1ccc(CNC(=O)[C@H]2CC(=O)N(c3ccc4c(c3)CCN4C(C)=O)C2)cc1. The van der Waals surface area contributed by atoms with Crippen molar-refractivity contribution < 1.29 is 14.4 Å². The van der Waals surface area contributed by atoms with E-state index < -0.39 is 0 Å². The van der Waals surface area contributed by atoms with Gasteiger partial charge in [-0.3, -0.25) is 14.4 Å². The van der Waals surface area contributed by atoms with Crippen LogP contribution in [0.3, 0.4) is 0 Å². The molecule has 2 aliphatic rings. The van der Waals surface area contributed by atoms with E-state index in [2.05, 4.69) is 24.4 Å². The van der Waals surface area contributed by atoms with Crippen LogP contribution in [0.25, 0.3) is 0 Å². The summed E-state index contributed by atoms with van der Waals surface area (Å²) in [6.07, 6.45) is 1.99. The van der Waals surface area contributed by atoms with E-state index in [0.29, 0.717) is 19.6 Å². The number of carbonyl (C=O) groups excluding carboxylic acids is 3. The number of fused-ring (bicyclic) bond motifs is 1. The van der Waals surface area contributed by atoms with Crippen LogP contribution in [0.2, 0.25) is 0 Å². The van der Waals surface area contributed by atoms with Crippen LogP contribution in [0.5, 0.6) is 0 Å². The molecule has 4 rings (SSSR count). The van der Waals surface area contributed by atoms with Crippen molar-refractivity contribution in [2.45, 2.75) is 39.7 Å². The second-order valence-corrected chi connectivity index (χ2v) is 8.03. The van der Waals surface area contributed by atoms with Gasteiger partial charge in [-0.05, 0) is 47.7 Å². The van der Waals surface area contributed by atoms with Crippen molar-refractivity contribution in [1.82, 2.24) is 5.32 Å². The van der Waals surface area contributed by atoms with Crippen molar-refractivity contribution in [3.63, 3.8) is 0 Å². The maximum Gasteiger partial charge on any atom is 0.227 e. The van der Waals surface area contributed by atoms with E-state index in [0.717, 1.165) is 35.3 Å². The standard InChI is InChI=1S/C24H27N3O3/c1-3-17-4-6-18(7-5-17)14-25-24(30)20-13-23(29)27(15-20)21-8-9-22-19(12-21)10-11-26(22)16(2)28/h4-9,12,20H,3,10-11,13-15H2,1-2H3,(H,25,30)/t20-/m0/s1. The Morgan fingerprint density at radius 3 is 2.53 bits per heavy atom.